The van der Waals surface area contributed by atoms with Crippen LogP contribution in [0.25, 0.3) is 0 Å². The molecule has 0 atom stereocenters. The molecule has 0 unspecified atom stereocenters. The van der Waals surface area contributed by atoms with Gasteiger partial charge in [0.05, 0.1) is 5.69 Å². The summed E-state index contributed by atoms with van der Waals surface area (Å²) in [5, 5.41) is 2.49. The zero-order chi connectivity index (χ0) is 15.2. The maximum Gasteiger partial charge on any atom is 0.226 e. The lowest BCUT2D eigenvalue weighted by molar-refractivity contribution is -0.131. The van der Waals surface area contributed by atoms with Crippen molar-refractivity contribution in [1.82, 2.24) is 4.90 Å². The van der Waals surface area contributed by atoms with E-state index >= 15 is 0 Å². The highest BCUT2D eigenvalue weighted by Crippen LogP contribution is 2.18. The third-order valence-electron chi connectivity index (χ3n) is 3.54. The van der Waals surface area contributed by atoms with Gasteiger partial charge >= 0.3 is 0 Å². The molecular formula is C15H20FN3O2. The number of nitrogens with zero attached hydrogens (tertiary/aromatic N) is 1. The third-order valence-corrected chi connectivity index (χ3v) is 3.54. The minimum Gasteiger partial charge on any atom is -0.399 e. The number of benzene rings is 1. The minimum atomic E-state index is -0.525. The normalized spacial score (nSPS) is 15.7. The molecule has 21 heavy (non-hydrogen) atoms. The van der Waals surface area contributed by atoms with Gasteiger partial charge in [-0.25, -0.2) is 4.39 Å². The van der Waals surface area contributed by atoms with E-state index in [-0.39, 0.29) is 23.9 Å². The number of nitrogens with one attached hydrogen (secondary N) is 1. The van der Waals surface area contributed by atoms with E-state index in [0.29, 0.717) is 25.2 Å². The maximum atomic E-state index is 13.5. The molecule has 2 amide bonds. The molecule has 0 aromatic heterocycles. The molecular weight excluding hydrogens is 273 g/mol. The van der Waals surface area contributed by atoms with Gasteiger partial charge in [-0.15, -0.1) is 0 Å². The van der Waals surface area contributed by atoms with Crippen molar-refractivity contribution in [3.05, 3.63) is 24.0 Å². The second-order valence-corrected chi connectivity index (χ2v) is 5.23. The Hall–Kier alpha value is -2.11. The molecule has 6 heteroatoms. The number of amides is 2. The molecule has 3 N–H and O–H groups in total. The van der Waals surface area contributed by atoms with E-state index in [1.54, 1.807) is 4.90 Å². The first-order valence-corrected chi connectivity index (χ1v) is 7.19. The molecule has 1 aromatic rings. The van der Waals surface area contributed by atoms with Crippen LogP contribution in [0.15, 0.2) is 18.2 Å². The predicted octanol–water partition coefficient (Wildman–Crippen LogP) is 2.14. The Balaban J connectivity index is 1.87. The molecule has 1 heterocycles. The number of anilines is 2. The molecule has 5 nitrogen and oxygen atoms in total. The predicted molar refractivity (Wildman–Crippen MR) is 79.1 cm³/mol. The van der Waals surface area contributed by atoms with Crippen LogP contribution in [-0.4, -0.2) is 29.8 Å². The second kappa shape index (κ2) is 7.06. The molecule has 1 fully saturated rings. The zero-order valence-electron chi connectivity index (χ0n) is 11.9. The Labute approximate surface area is 123 Å². The van der Waals surface area contributed by atoms with Crippen molar-refractivity contribution in [2.24, 2.45) is 0 Å². The first-order valence-electron chi connectivity index (χ1n) is 7.19. The number of halogens is 1. The Kier molecular flexibility index (Phi) is 5.14. The third kappa shape index (κ3) is 4.44. The van der Waals surface area contributed by atoms with Crippen molar-refractivity contribution < 1.29 is 14.0 Å². The van der Waals surface area contributed by atoms with Crippen molar-refractivity contribution in [1.29, 1.82) is 0 Å². The van der Waals surface area contributed by atoms with Crippen LogP contribution in [0.2, 0.25) is 0 Å². The number of nitrogens with two attached hydrogens (primary N) is 1. The van der Waals surface area contributed by atoms with Gasteiger partial charge < -0.3 is 16.0 Å². The van der Waals surface area contributed by atoms with Crippen molar-refractivity contribution in [3.8, 4) is 0 Å². The monoisotopic (exact) mass is 293 g/mol. The van der Waals surface area contributed by atoms with Gasteiger partial charge in [-0.05, 0) is 31.0 Å². The van der Waals surface area contributed by atoms with Crippen LogP contribution >= 0.6 is 0 Å². The van der Waals surface area contributed by atoms with Gasteiger partial charge in [0.2, 0.25) is 11.8 Å². The highest BCUT2D eigenvalue weighted by molar-refractivity contribution is 5.91. The highest BCUT2D eigenvalue weighted by Gasteiger charge is 2.17. The molecule has 0 spiro atoms. The molecule has 0 radical (unpaired) electrons. The topological polar surface area (TPSA) is 75.4 Å². The lowest BCUT2D eigenvalue weighted by Gasteiger charge is -2.20. The summed E-state index contributed by atoms with van der Waals surface area (Å²) in [6.07, 6.45) is 3.63. The summed E-state index contributed by atoms with van der Waals surface area (Å²) in [6, 6.07) is 4.02. The van der Waals surface area contributed by atoms with Crippen molar-refractivity contribution in [2.45, 2.75) is 32.1 Å². The number of hydrogen-bond donors (Lipinski definition) is 2. The molecule has 1 saturated heterocycles. The molecule has 2 rings (SSSR count). The number of rotatable bonds is 4. The summed E-state index contributed by atoms with van der Waals surface area (Å²) in [5.74, 6) is -0.754. The first-order chi connectivity index (χ1) is 10.1. The number of likely N-dealkylation sites (tertiary alicyclic amines) is 1. The first kappa shape index (κ1) is 15.3. The number of hydrogen-bond acceptors (Lipinski definition) is 3. The standard InChI is InChI=1S/C15H20FN3O2/c16-12-6-5-11(17)10-13(12)18-14(20)7-9-19-8-3-1-2-4-15(19)21/h5-6,10H,1-4,7-9,17H2,(H,18,20). The summed E-state index contributed by atoms with van der Waals surface area (Å²) in [7, 11) is 0. The summed E-state index contributed by atoms with van der Waals surface area (Å²) < 4.78 is 13.5. The van der Waals surface area contributed by atoms with Crippen molar-refractivity contribution in [3.63, 3.8) is 0 Å². The fraction of sp³-hybridized carbons (Fsp3) is 0.467. The minimum absolute atomic E-state index is 0.0715. The van der Waals surface area contributed by atoms with E-state index in [4.69, 9.17) is 5.73 Å². The van der Waals surface area contributed by atoms with Crippen LogP contribution in [0.4, 0.5) is 15.8 Å². The van der Waals surface area contributed by atoms with Crippen LogP contribution < -0.4 is 11.1 Å². The van der Waals surface area contributed by atoms with Gasteiger partial charge in [-0.2, -0.15) is 0 Å². The fourth-order valence-corrected chi connectivity index (χ4v) is 2.36. The van der Waals surface area contributed by atoms with E-state index in [1.165, 1.54) is 18.2 Å². The molecule has 0 aliphatic carbocycles. The summed E-state index contributed by atoms with van der Waals surface area (Å²) in [4.78, 5) is 25.4. The number of nitrogen functional groups attached to an aromatic ring is 1. The average molecular weight is 293 g/mol. The molecule has 1 aromatic carbocycles. The van der Waals surface area contributed by atoms with E-state index in [1.807, 2.05) is 0 Å². The van der Waals surface area contributed by atoms with Gasteiger partial charge in [0.15, 0.2) is 0 Å². The summed E-state index contributed by atoms with van der Waals surface area (Å²) >= 11 is 0. The Morgan fingerprint density at radius 2 is 2.14 bits per heavy atom. The van der Waals surface area contributed by atoms with Gasteiger partial charge in [0.1, 0.15) is 5.82 Å². The van der Waals surface area contributed by atoms with Gasteiger partial charge in [0, 0.05) is 31.6 Å². The largest absolute Gasteiger partial charge is 0.399 e. The number of carbonyl (C=O) groups is 2. The van der Waals surface area contributed by atoms with E-state index < -0.39 is 5.82 Å². The van der Waals surface area contributed by atoms with Gasteiger partial charge in [0.25, 0.3) is 0 Å². The zero-order valence-corrected chi connectivity index (χ0v) is 11.9. The Morgan fingerprint density at radius 1 is 1.33 bits per heavy atom. The SMILES string of the molecule is Nc1ccc(F)c(NC(=O)CCN2CCCCCC2=O)c1. The Bertz CT molecular complexity index is 534. The van der Waals surface area contributed by atoms with E-state index in [2.05, 4.69) is 5.32 Å². The molecule has 0 saturated carbocycles. The van der Waals surface area contributed by atoms with Crippen LogP contribution in [-0.2, 0) is 9.59 Å². The lowest BCUT2D eigenvalue weighted by atomic mass is 10.2. The van der Waals surface area contributed by atoms with E-state index in [0.717, 1.165) is 19.3 Å². The lowest BCUT2D eigenvalue weighted by Crippen LogP contribution is -2.33. The van der Waals surface area contributed by atoms with Crippen molar-refractivity contribution >= 4 is 23.2 Å². The van der Waals surface area contributed by atoms with E-state index in [9.17, 15) is 14.0 Å². The highest BCUT2D eigenvalue weighted by atomic mass is 19.1. The molecule has 1 aliphatic rings. The van der Waals surface area contributed by atoms with Crippen molar-refractivity contribution in [2.75, 3.05) is 24.1 Å². The van der Waals surface area contributed by atoms with Crippen LogP contribution in [0.1, 0.15) is 32.1 Å². The molecule has 0 bridgehead atoms. The van der Waals surface area contributed by atoms with Crippen LogP contribution in [0.3, 0.4) is 0 Å². The smallest absolute Gasteiger partial charge is 0.226 e. The van der Waals surface area contributed by atoms with Gasteiger partial charge in [-0.1, -0.05) is 6.42 Å². The average Bonchev–Trinajstić information content (AvgIpc) is 2.65. The maximum absolute atomic E-state index is 13.5. The van der Waals surface area contributed by atoms with Crippen LogP contribution in [0.5, 0.6) is 0 Å². The summed E-state index contributed by atoms with van der Waals surface area (Å²) in [6.45, 7) is 1.06. The molecule has 114 valence electrons. The fourth-order valence-electron chi connectivity index (χ4n) is 2.36. The van der Waals surface area contributed by atoms with Crippen LogP contribution in [0, 0.1) is 5.82 Å². The number of carbonyl (C=O) groups excluding carboxylic acids is 2. The second-order valence-electron chi connectivity index (χ2n) is 5.23. The summed E-state index contributed by atoms with van der Waals surface area (Å²) in [5.41, 5.74) is 6.01. The quantitative estimate of drug-likeness (QED) is 0.835. The Morgan fingerprint density at radius 3 is 2.95 bits per heavy atom. The van der Waals surface area contributed by atoms with Gasteiger partial charge in [-0.3, -0.25) is 9.59 Å². The molecule has 1 aliphatic heterocycles.